The van der Waals surface area contributed by atoms with Gasteiger partial charge in [-0.3, -0.25) is 4.79 Å². The molecule has 1 aromatic heterocycles. The summed E-state index contributed by atoms with van der Waals surface area (Å²) in [5, 5.41) is 3.39. The first-order valence-corrected chi connectivity index (χ1v) is 6.40. The van der Waals surface area contributed by atoms with Crippen LogP contribution in [0.4, 0.5) is 0 Å². The van der Waals surface area contributed by atoms with Crippen molar-refractivity contribution in [1.29, 1.82) is 0 Å². The Labute approximate surface area is 109 Å². The van der Waals surface area contributed by atoms with Gasteiger partial charge in [0.2, 0.25) is 0 Å². The van der Waals surface area contributed by atoms with Crippen LogP contribution in [0.25, 0.3) is 0 Å². The van der Waals surface area contributed by atoms with Crippen LogP contribution < -0.4 is 10.9 Å². The lowest BCUT2D eigenvalue weighted by molar-refractivity contribution is 0.150. The van der Waals surface area contributed by atoms with Gasteiger partial charge in [0.25, 0.3) is 5.56 Å². The van der Waals surface area contributed by atoms with Crippen molar-refractivity contribution >= 4 is 0 Å². The lowest BCUT2D eigenvalue weighted by Gasteiger charge is -2.24. The Morgan fingerprint density at radius 2 is 2.17 bits per heavy atom. The molecule has 0 fully saturated rings. The SMILES string of the molecule is COCCC(C)(C)CNCCn1ccccc1=O. The zero-order valence-electron chi connectivity index (χ0n) is 11.6. The third-order valence-electron chi connectivity index (χ3n) is 3.02. The van der Waals surface area contributed by atoms with Crippen molar-refractivity contribution in [2.24, 2.45) is 5.41 Å². The summed E-state index contributed by atoms with van der Waals surface area (Å²) in [6.45, 7) is 7.66. The predicted octanol–water partition coefficient (Wildman–Crippen LogP) is 1.50. The molecular weight excluding hydrogens is 228 g/mol. The minimum atomic E-state index is 0.0537. The highest BCUT2D eigenvalue weighted by molar-refractivity contribution is 4.93. The van der Waals surface area contributed by atoms with E-state index in [1.807, 2.05) is 12.3 Å². The summed E-state index contributed by atoms with van der Waals surface area (Å²) in [5.74, 6) is 0. The Hall–Kier alpha value is -1.13. The summed E-state index contributed by atoms with van der Waals surface area (Å²) < 4.78 is 6.81. The molecule has 0 aliphatic heterocycles. The van der Waals surface area contributed by atoms with Gasteiger partial charge in [-0.2, -0.15) is 0 Å². The van der Waals surface area contributed by atoms with E-state index in [0.29, 0.717) is 6.54 Å². The summed E-state index contributed by atoms with van der Waals surface area (Å²) in [4.78, 5) is 11.5. The van der Waals surface area contributed by atoms with Crippen LogP contribution in [0.1, 0.15) is 20.3 Å². The lowest BCUT2D eigenvalue weighted by Crippen LogP contribution is -2.33. The molecule has 102 valence electrons. The summed E-state index contributed by atoms with van der Waals surface area (Å²) in [6.07, 6.45) is 2.85. The number of hydrogen-bond donors (Lipinski definition) is 1. The number of ether oxygens (including phenoxy) is 1. The van der Waals surface area contributed by atoms with Crippen LogP contribution in [0.3, 0.4) is 0 Å². The smallest absolute Gasteiger partial charge is 0.250 e. The fourth-order valence-electron chi connectivity index (χ4n) is 1.74. The van der Waals surface area contributed by atoms with E-state index in [1.165, 1.54) is 0 Å². The molecular formula is C14H24N2O2. The Morgan fingerprint density at radius 3 is 2.83 bits per heavy atom. The monoisotopic (exact) mass is 252 g/mol. The van der Waals surface area contributed by atoms with Gasteiger partial charge in [-0.25, -0.2) is 0 Å². The van der Waals surface area contributed by atoms with E-state index >= 15 is 0 Å². The molecule has 0 radical (unpaired) electrons. The molecule has 0 spiro atoms. The second-order valence-electron chi connectivity index (χ2n) is 5.32. The van der Waals surface area contributed by atoms with E-state index < -0.39 is 0 Å². The molecule has 0 amide bonds. The van der Waals surface area contributed by atoms with Gasteiger partial charge in [0.05, 0.1) is 0 Å². The topological polar surface area (TPSA) is 43.3 Å². The fourth-order valence-corrected chi connectivity index (χ4v) is 1.74. The highest BCUT2D eigenvalue weighted by Gasteiger charge is 2.16. The van der Waals surface area contributed by atoms with Crippen molar-refractivity contribution < 1.29 is 4.74 Å². The number of aromatic nitrogens is 1. The van der Waals surface area contributed by atoms with Crippen molar-refractivity contribution in [3.05, 3.63) is 34.7 Å². The van der Waals surface area contributed by atoms with E-state index in [-0.39, 0.29) is 11.0 Å². The molecule has 0 atom stereocenters. The van der Waals surface area contributed by atoms with Crippen LogP contribution >= 0.6 is 0 Å². The quantitative estimate of drug-likeness (QED) is 0.713. The van der Waals surface area contributed by atoms with Crippen molar-refractivity contribution in [3.8, 4) is 0 Å². The van der Waals surface area contributed by atoms with Gasteiger partial charge in [0.15, 0.2) is 0 Å². The molecule has 0 aliphatic carbocycles. The second-order valence-corrected chi connectivity index (χ2v) is 5.32. The predicted molar refractivity (Wildman–Crippen MR) is 73.8 cm³/mol. The maximum absolute atomic E-state index is 11.5. The maximum Gasteiger partial charge on any atom is 0.250 e. The second kappa shape index (κ2) is 7.34. The normalized spacial score (nSPS) is 11.7. The molecule has 18 heavy (non-hydrogen) atoms. The number of nitrogens with one attached hydrogen (secondary N) is 1. The van der Waals surface area contributed by atoms with Gasteiger partial charge in [0, 0.05) is 45.6 Å². The maximum atomic E-state index is 11.5. The number of methoxy groups -OCH3 is 1. The Morgan fingerprint density at radius 1 is 1.39 bits per heavy atom. The van der Waals surface area contributed by atoms with E-state index in [4.69, 9.17) is 4.74 Å². The molecule has 0 aliphatic rings. The average molecular weight is 252 g/mol. The van der Waals surface area contributed by atoms with Gasteiger partial charge in [-0.05, 0) is 17.9 Å². The molecule has 0 bridgehead atoms. The van der Waals surface area contributed by atoms with Gasteiger partial charge in [0.1, 0.15) is 0 Å². The fraction of sp³-hybridized carbons (Fsp3) is 0.643. The Bertz CT molecular complexity index is 399. The highest BCUT2D eigenvalue weighted by Crippen LogP contribution is 2.18. The Kier molecular flexibility index (Phi) is 6.09. The van der Waals surface area contributed by atoms with Crippen LogP contribution in [0.2, 0.25) is 0 Å². The molecule has 1 aromatic rings. The first kappa shape index (κ1) is 14.9. The first-order valence-electron chi connectivity index (χ1n) is 6.40. The summed E-state index contributed by atoms with van der Waals surface area (Å²) in [6, 6.07) is 5.23. The number of pyridine rings is 1. The zero-order valence-corrected chi connectivity index (χ0v) is 11.6. The molecule has 0 aromatic carbocycles. The van der Waals surface area contributed by atoms with Gasteiger partial charge >= 0.3 is 0 Å². The third kappa shape index (κ3) is 5.47. The molecule has 1 rings (SSSR count). The standard InChI is InChI=1S/C14H24N2O2/c1-14(2,7-11-18-3)12-15-8-10-16-9-5-4-6-13(16)17/h4-6,9,15H,7-8,10-12H2,1-3H3. The van der Waals surface area contributed by atoms with Crippen molar-refractivity contribution in [2.45, 2.75) is 26.8 Å². The first-order chi connectivity index (χ1) is 8.55. The highest BCUT2D eigenvalue weighted by atomic mass is 16.5. The number of nitrogens with zero attached hydrogens (tertiary/aromatic N) is 1. The van der Waals surface area contributed by atoms with Gasteiger partial charge in [-0.1, -0.05) is 19.9 Å². The minimum absolute atomic E-state index is 0.0537. The molecule has 0 saturated heterocycles. The van der Waals surface area contributed by atoms with E-state index in [9.17, 15) is 4.79 Å². The van der Waals surface area contributed by atoms with Crippen LogP contribution in [-0.2, 0) is 11.3 Å². The Balaban J connectivity index is 2.26. The molecule has 4 heteroatoms. The molecule has 0 saturated carbocycles. The summed E-state index contributed by atoms with van der Waals surface area (Å²) in [5.41, 5.74) is 0.274. The van der Waals surface area contributed by atoms with Crippen molar-refractivity contribution in [1.82, 2.24) is 9.88 Å². The van der Waals surface area contributed by atoms with Gasteiger partial charge in [-0.15, -0.1) is 0 Å². The largest absolute Gasteiger partial charge is 0.385 e. The van der Waals surface area contributed by atoms with Crippen LogP contribution in [-0.4, -0.2) is 31.4 Å². The van der Waals surface area contributed by atoms with Crippen molar-refractivity contribution in [2.75, 3.05) is 26.8 Å². The van der Waals surface area contributed by atoms with Crippen LogP contribution in [0.15, 0.2) is 29.2 Å². The summed E-state index contributed by atoms with van der Waals surface area (Å²) in [7, 11) is 1.73. The van der Waals surface area contributed by atoms with E-state index in [1.54, 1.807) is 23.8 Å². The molecule has 4 nitrogen and oxygen atoms in total. The van der Waals surface area contributed by atoms with E-state index in [2.05, 4.69) is 19.2 Å². The molecule has 1 heterocycles. The number of rotatable bonds is 8. The molecule has 1 N–H and O–H groups in total. The average Bonchev–Trinajstić information content (AvgIpc) is 2.34. The number of hydrogen-bond acceptors (Lipinski definition) is 3. The minimum Gasteiger partial charge on any atom is -0.385 e. The van der Waals surface area contributed by atoms with Crippen LogP contribution in [0, 0.1) is 5.41 Å². The summed E-state index contributed by atoms with van der Waals surface area (Å²) >= 11 is 0. The van der Waals surface area contributed by atoms with Gasteiger partial charge < -0.3 is 14.6 Å². The lowest BCUT2D eigenvalue weighted by atomic mass is 9.90. The third-order valence-corrected chi connectivity index (χ3v) is 3.02. The zero-order chi connectivity index (χ0) is 13.4. The van der Waals surface area contributed by atoms with Crippen molar-refractivity contribution in [3.63, 3.8) is 0 Å². The van der Waals surface area contributed by atoms with Crippen LogP contribution in [0.5, 0.6) is 0 Å². The van der Waals surface area contributed by atoms with E-state index in [0.717, 1.165) is 26.1 Å². The molecule has 0 unspecified atom stereocenters.